The number of rotatable bonds is 3. The first-order valence-corrected chi connectivity index (χ1v) is 16.4. The third kappa shape index (κ3) is 8.01. The maximum absolute atomic E-state index is 3.30. The minimum atomic E-state index is 0. The van der Waals surface area contributed by atoms with E-state index in [1.807, 2.05) is 54.6 Å². The third-order valence-corrected chi connectivity index (χ3v) is 8.37. The summed E-state index contributed by atoms with van der Waals surface area (Å²) < 4.78 is 0. The number of hydrogen-bond donors (Lipinski definition) is 0. The molecule has 0 unspecified atom stereocenters. The van der Waals surface area contributed by atoms with Crippen molar-refractivity contribution >= 4 is 34.1 Å². The third-order valence-electron chi connectivity index (χ3n) is 8.37. The Morgan fingerprint density at radius 1 is 0.306 bits per heavy atom. The molecule has 4 heteroatoms. The van der Waals surface area contributed by atoms with E-state index in [0.717, 1.165) is 36.3 Å². The number of fused-ring (bicyclic) bond motifs is 3. The zero-order chi connectivity index (χ0) is 32.4. The average Bonchev–Trinajstić information content (AvgIpc) is 3.19. The largest absolute Gasteiger partial charge is 3.00 e. The molecule has 3 aliphatic heterocycles. The van der Waals surface area contributed by atoms with E-state index in [2.05, 4.69) is 161 Å². The van der Waals surface area contributed by atoms with Gasteiger partial charge in [-0.3, -0.25) is 0 Å². The summed E-state index contributed by atoms with van der Waals surface area (Å²) in [6.45, 7) is 0. The Balaban J connectivity index is 0.000000126. The van der Waals surface area contributed by atoms with Crippen molar-refractivity contribution in [2.45, 2.75) is 19.3 Å². The second-order valence-corrected chi connectivity index (χ2v) is 11.5. The van der Waals surface area contributed by atoms with Gasteiger partial charge in [0, 0.05) is 0 Å². The Hall–Kier alpha value is -5.41. The van der Waals surface area contributed by atoms with Gasteiger partial charge in [0.2, 0.25) is 0 Å². The molecule has 0 N–H and O–H groups in total. The molecule has 6 aromatic rings. The Morgan fingerprint density at radius 2 is 0.551 bits per heavy atom. The number of allylic oxidation sites excluding steroid dienone is 3. The van der Waals surface area contributed by atoms with Crippen molar-refractivity contribution in [2.24, 2.45) is 0 Å². The molecule has 49 heavy (non-hydrogen) atoms. The number of hydrogen-bond acceptors (Lipinski definition) is 3. The van der Waals surface area contributed by atoms with Crippen LogP contribution in [-0.4, -0.2) is 0 Å². The van der Waals surface area contributed by atoms with Crippen LogP contribution in [0.15, 0.2) is 182 Å². The molecule has 3 aliphatic rings. The number of para-hydroxylation sites is 6. The van der Waals surface area contributed by atoms with Crippen LogP contribution in [0.5, 0.6) is 0 Å². The quantitative estimate of drug-likeness (QED) is 0.165. The molecule has 3 heterocycles. The Morgan fingerprint density at radius 3 is 0.837 bits per heavy atom. The zero-order valence-electron chi connectivity index (χ0n) is 27.1. The molecule has 0 bridgehead atoms. The SMILES string of the molecule is [C-]1=CCc2ccccc2N1c1ccccc1.[C-]1=CCc2ccccc2N1c1ccccc1.[C-]1=CCc2ccccc2N1c1ccccc1.[Ir+3]. The Bertz CT molecular complexity index is 1780. The van der Waals surface area contributed by atoms with Crippen LogP contribution in [0.1, 0.15) is 16.7 Å². The van der Waals surface area contributed by atoms with Gasteiger partial charge in [-0.1, -0.05) is 215 Å². The monoisotopic (exact) mass is 811 g/mol. The summed E-state index contributed by atoms with van der Waals surface area (Å²) in [5.41, 5.74) is 11.2. The van der Waals surface area contributed by atoms with Crippen molar-refractivity contribution in [3.63, 3.8) is 0 Å². The van der Waals surface area contributed by atoms with Crippen molar-refractivity contribution in [1.82, 2.24) is 0 Å². The van der Waals surface area contributed by atoms with Gasteiger partial charge in [-0.25, -0.2) is 0 Å². The normalized spacial score (nSPS) is 13.3. The molecule has 6 aromatic carbocycles. The fourth-order valence-electron chi connectivity index (χ4n) is 6.03. The van der Waals surface area contributed by atoms with Gasteiger partial charge in [0.25, 0.3) is 0 Å². The van der Waals surface area contributed by atoms with Gasteiger partial charge in [0.05, 0.1) is 0 Å². The van der Waals surface area contributed by atoms with E-state index in [1.54, 1.807) is 0 Å². The van der Waals surface area contributed by atoms with Crippen molar-refractivity contribution in [3.8, 4) is 0 Å². The molecule has 0 saturated carbocycles. The summed E-state index contributed by atoms with van der Waals surface area (Å²) >= 11 is 0. The molecule has 0 saturated heterocycles. The van der Waals surface area contributed by atoms with Crippen molar-refractivity contribution in [1.29, 1.82) is 0 Å². The molecule has 0 fully saturated rings. The number of nitrogens with zero attached hydrogens (tertiary/aromatic N) is 3. The molecule has 0 radical (unpaired) electrons. The molecule has 0 spiro atoms. The fourth-order valence-corrected chi connectivity index (χ4v) is 6.03. The number of benzene rings is 6. The van der Waals surface area contributed by atoms with Crippen LogP contribution in [0.25, 0.3) is 0 Å². The summed E-state index contributed by atoms with van der Waals surface area (Å²) in [7, 11) is 0. The van der Waals surface area contributed by atoms with Gasteiger partial charge < -0.3 is 14.7 Å². The van der Waals surface area contributed by atoms with E-state index < -0.39 is 0 Å². The molecule has 240 valence electrons. The molecule has 3 nitrogen and oxygen atoms in total. The first-order chi connectivity index (χ1) is 23.8. The van der Waals surface area contributed by atoms with Crippen molar-refractivity contribution in [3.05, 3.63) is 217 Å². The van der Waals surface area contributed by atoms with Crippen LogP contribution in [0.2, 0.25) is 0 Å². The van der Waals surface area contributed by atoms with E-state index in [0.29, 0.717) is 0 Å². The molecule has 0 aliphatic carbocycles. The van der Waals surface area contributed by atoms with E-state index in [9.17, 15) is 0 Å². The van der Waals surface area contributed by atoms with Crippen LogP contribution in [0.3, 0.4) is 0 Å². The summed E-state index contributed by atoms with van der Waals surface area (Å²) in [6, 6.07) is 56.4. The van der Waals surface area contributed by atoms with Gasteiger partial charge in [0.15, 0.2) is 0 Å². The maximum Gasteiger partial charge on any atom is 3.00 e. The van der Waals surface area contributed by atoms with E-state index in [4.69, 9.17) is 0 Å². The predicted octanol–water partition coefficient (Wildman–Crippen LogP) is 11.1. The van der Waals surface area contributed by atoms with Crippen molar-refractivity contribution < 1.29 is 20.1 Å². The van der Waals surface area contributed by atoms with E-state index >= 15 is 0 Å². The standard InChI is InChI=1S/3C15H12N.Ir/c3*1-2-9-14(10-3-1)16-12-6-8-13-7-4-5-11-15(13)16;/h3*1-7,9-11H,8H2;/q3*-1;+3. The molecule has 0 amide bonds. The molecular formula is C45H36IrN3. The maximum atomic E-state index is 3.30. The Labute approximate surface area is 304 Å². The van der Waals surface area contributed by atoms with Gasteiger partial charge in [-0.15, -0.1) is 36.8 Å². The molecule has 9 rings (SSSR count). The summed E-state index contributed by atoms with van der Waals surface area (Å²) in [6.07, 6.45) is 19.1. The fraction of sp³-hybridized carbons (Fsp3) is 0.0667. The van der Waals surface area contributed by atoms with E-state index in [1.165, 1.54) is 33.8 Å². The predicted molar refractivity (Wildman–Crippen MR) is 200 cm³/mol. The summed E-state index contributed by atoms with van der Waals surface area (Å²) in [5, 5.41) is 0. The van der Waals surface area contributed by atoms with Crippen LogP contribution in [-0.2, 0) is 39.4 Å². The van der Waals surface area contributed by atoms with Gasteiger partial charge >= 0.3 is 20.1 Å². The summed E-state index contributed by atoms with van der Waals surface area (Å²) in [4.78, 5) is 6.33. The van der Waals surface area contributed by atoms with Gasteiger partial charge in [-0.05, 0) is 19.3 Å². The van der Waals surface area contributed by atoms with E-state index in [-0.39, 0.29) is 20.1 Å². The average molecular weight is 811 g/mol. The van der Waals surface area contributed by atoms with Crippen LogP contribution in [0, 0.1) is 18.6 Å². The minimum Gasteiger partial charge on any atom is -0.478 e. The molecule has 0 aromatic heterocycles. The first-order valence-electron chi connectivity index (χ1n) is 16.4. The smallest absolute Gasteiger partial charge is 0.478 e. The first kappa shape index (κ1) is 33.5. The van der Waals surface area contributed by atoms with Crippen molar-refractivity contribution in [2.75, 3.05) is 14.7 Å². The van der Waals surface area contributed by atoms with Gasteiger partial charge in [0.1, 0.15) is 0 Å². The van der Waals surface area contributed by atoms with Crippen LogP contribution < -0.4 is 14.7 Å². The second kappa shape index (κ2) is 16.6. The molecular weight excluding hydrogens is 775 g/mol. The Kier molecular flexibility index (Phi) is 11.4. The molecule has 0 atom stereocenters. The van der Waals surface area contributed by atoms with Gasteiger partial charge in [-0.2, -0.15) is 0 Å². The zero-order valence-corrected chi connectivity index (χ0v) is 29.5. The second-order valence-electron chi connectivity index (χ2n) is 11.5. The number of anilines is 6. The minimum absolute atomic E-state index is 0. The topological polar surface area (TPSA) is 9.72 Å². The van der Waals surface area contributed by atoms with Crippen LogP contribution in [0.4, 0.5) is 34.1 Å². The van der Waals surface area contributed by atoms with Crippen LogP contribution >= 0.6 is 0 Å². The summed E-state index contributed by atoms with van der Waals surface area (Å²) in [5.74, 6) is 0.